The molecule has 0 fully saturated rings. The van der Waals surface area contributed by atoms with Gasteiger partial charge < -0.3 is 10.1 Å². The van der Waals surface area contributed by atoms with Crippen LogP contribution in [0.4, 0.5) is 5.00 Å². The smallest absolute Gasteiger partial charge is 0.134 e. The van der Waals surface area contributed by atoms with E-state index in [1.807, 2.05) is 12.1 Å². The van der Waals surface area contributed by atoms with Crippen molar-refractivity contribution in [3.8, 4) is 5.75 Å². The lowest BCUT2D eigenvalue weighted by atomic mass is 10.2. The molecule has 6 heteroatoms. The third kappa shape index (κ3) is 3.91. The number of anilines is 1. The quantitative estimate of drug-likeness (QED) is 0.850. The first kappa shape index (κ1) is 14.7. The van der Waals surface area contributed by atoms with Crippen molar-refractivity contribution < 1.29 is 4.74 Å². The van der Waals surface area contributed by atoms with Crippen LogP contribution in [-0.2, 0) is 13.1 Å². The molecule has 1 N–H and O–H groups in total. The van der Waals surface area contributed by atoms with Crippen LogP contribution in [0.25, 0.3) is 0 Å². The van der Waals surface area contributed by atoms with E-state index in [1.165, 1.54) is 17.1 Å². The van der Waals surface area contributed by atoms with Crippen LogP contribution in [0.5, 0.6) is 5.75 Å². The number of hydrogen-bond acceptors (Lipinski definition) is 6. The highest BCUT2D eigenvalue weighted by molar-refractivity contribution is 7.10. The number of nitrogens with one attached hydrogen (secondary N) is 1. The second-order valence-corrected chi connectivity index (χ2v) is 5.36. The molecule has 5 nitrogen and oxygen atoms in total. The van der Waals surface area contributed by atoms with Crippen LogP contribution in [0.2, 0.25) is 0 Å². The molecule has 1 heterocycles. The van der Waals surface area contributed by atoms with Gasteiger partial charge >= 0.3 is 0 Å². The van der Waals surface area contributed by atoms with E-state index in [0.717, 1.165) is 36.1 Å². The molecule has 0 amide bonds. The van der Waals surface area contributed by atoms with Gasteiger partial charge in [0.25, 0.3) is 0 Å². The Morgan fingerprint density at radius 2 is 2.20 bits per heavy atom. The predicted molar refractivity (Wildman–Crippen MR) is 82.2 cm³/mol. The topological polar surface area (TPSA) is 50.3 Å². The summed E-state index contributed by atoms with van der Waals surface area (Å²) in [4.78, 5) is 2.21. The first-order valence-corrected chi connectivity index (χ1v) is 7.36. The van der Waals surface area contributed by atoms with Gasteiger partial charge in [-0.15, -0.1) is 5.10 Å². The van der Waals surface area contributed by atoms with E-state index in [-0.39, 0.29) is 0 Å². The van der Waals surface area contributed by atoms with E-state index in [1.54, 1.807) is 7.11 Å². The van der Waals surface area contributed by atoms with Gasteiger partial charge in [0.05, 0.1) is 7.11 Å². The van der Waals surface area contributed by atoms with Gasteiger partial charge in [-0.1, -0.05) is 16.6 Å². The van der Waals surface area contributed by atoms with Gasteiger partial charge in [-0.3, -0.25) is 4.90 Å². The normalized spacial score (nSPS) is 10.8. The zero-order valence-electron chi connectivity index (χ0n) is 12.1. The fourth-order valence-corrected chi connectivity index (χ4v) is 2.64. The molecule has 0 saturated carbocycles. The third-order valence-electron chi connectivity index (χ3n) is 2.90. The molecule has 20 heavy (non-hydrogen) atoms. The van der Waals surface area contributed by atoms with E-state index >= 15 is 0 Å². The zero-order chi connectivity index (χ0) is 14.4. The number of benzene rings is 1. The Hall–Kier alpha value is -1.66. The molecule has 0 aliphatic rings. The zero-order valence-corrected chi connectivity index (χ0v) is 12.9. The molecule has 0 bridgehead atoms. The van der Waals surface area contributed by atoms with Gasteiger partial charge in [0.1, 0.15) is 16.4 Å². The van der Waals surface area contributed by atoms with Crippen LogP contribution in [0.1, 0.15) is 18.2 Å². The maximum absolute atomic E-state index is 5.24. The molecule has 0 saturated heterocycles. The van der Waals surface area contributed by atoms with Crippen LogP contribution in [0.15, 0.2) is 24.3 Å². The fourth-order valence-electron chi connectivity index (χ4n) is 2.00. The maximum Gasteiger partial charge on any atom is 0.134 e. The fraction of sp³-hybridized carbons (Fsp3) is 0.429. The van der Waals surface area contributed by atoms with Crippen molar-refractivity contribution in [2.75, 3.05) is 26.0 Å². The van der Waals surface area contributed by atoms with Crippen molar-refractivity contribution >= 4 is 16.5 Å². The summed E-state index contributed by atoms with van der Waals surface area (Å²) in [6.07, 6.45) is 0. The molecule has 108 valence electrons. The number of nitrogens with zero attached hydrogens (tertiary/aromatic N) is 3. The van der Waals surface area contributed by atoms with E-state index in [9.17, 15) is 0 Å². The highest BCUT2D eigenvalue weighted by atomic mass is 32.1. The van der Waals surface area contributed by atoms with E-state index in [0.29, 0.717) is 0 Å². The minimum Gasteiger partial charge on any atom is -0.497 e. The first-order chi connectivity index (χ1) is 9.72. The van der Waals surface area contributed by atoms with Crippen molar-refractivity contribution in [2.24, 2.45) is 0 Å². The van der Waals surface area contributed by atoms with Crippen LogP contribution < -0.4 is 10.1 Å². The Balaban J connectivity index is 1.97. The standard InChI is InChI=1S/C14H20N4OS/c1-4-15-14-13(16-17-20-14)10-18(2)9-11-6-5-7-12(8-11)19-3/h5-8,15H,4,9-10H2,1-3H3. The summed E-state index contributed by atoms with van der Waals surface area (Å²) >= 11 is 1.41. The summed E-state index contributed by atoms with van der Waals surface area (Å²) in [5.41, 5.74) is 2.22. The van der Waals surface area contributed by atoms with Crippen LogP contribution in [-0.4, -0.2) is 35.2 Å². The average molecular weight is 292 g/mol. The monoisotopic (exact) mass is 292 g/mol. The van der Waals surface area contributed by atoms with Gasteiger partial charge in [-0.2, -0.15) is 0 Å². The molecule has 0 atom stereocenters. The van der Waals surface area contributed by atoms with Gasteiger partial charge in [-0.05, 0) is 31.7 Å². The van der Waals surface area contributed by atoms with Gasteiger partial charge in [0.15, 0.2) is 0 Å². The van der Waals surface area contributed by atoms with E-state index in [2.05, 4.69) is 45.9 Å². The Morgan fingerprint density at radius 3 is 2.95 bits per heavy atom. The predicted octanol–water partition coefficient (Wildman–Crippen LogP) is 2.61. The number of aromatic nitrogens is 2. The Morgan fingerprint density at radius 1 is 1.35 bits per heavy atom. The highest BCUT2D eigenvalue weighted by Crippen LogP contribution is 2.20. The van der Waals surface area contributed by atoms with E-state index < -0.39 is 0 Å². The third-order valence-corrected chi connectivity index (χ3v) is 3.63. The molecule has 2 rings (SSSR count). The highest BCUT2D eigenvalue weighted by Gasteiger charge is 2.10. The second kappa shape index (κ2) is 7.21. The lowest BCUT2D eigenvalue weighted by molar-refractivity contribution is 0.314. The van der Waals surface area contributed by atoms with Crippen LogP contribution in [0.3, 0.4) is 0 Å². The average Bonchev–Trinajstić information content (AvgIpc) is 2.86. The number of hydrogen-bond donors (Lipinski definition) is 1. The maximum atomic E-state index is 5.24. The first-order valence-electron chi connectivity index (χ1n) is 6.59. The molecule has 2 aromatic rings. The minimum atomic E-state index is 0.774. The molecular weight excluding hydrogens is 272 g/mol. The molecule has 0 aliphatic heterocycles. The minimum absolute atomic E-state index is 0.774. The van der Waals surface area contributed by atoms with Gasteiger partial charge in [0, 0.05) is 31.2 Å². The van der Waals surface area contributed by atoms with Crippen molar-refractivity contribution in [1.82, 2.24) is 14.5 Å². The van der Waals surface area contributed by atoms with Crippen LogP contribution >= 0.6 is 11.5 Å². The molecule has 0 radical (unpaired) electrons. The Kier molecular flexibility index (Phi) is 5.31. The number of rotatable bonds is 7. The lowest BCUT2D eigenvalue weighted by Gasteiger charge is -2.16. The van der Waals surface area contributed by atoms with Crippen molar-refractivity contribution in [3.05, 3.63) is 35.5 Å². The molecule has 0 unspecified atom stereocenters. The summed E-state index contributed by atoms with van der Waals surface area (Å²) in [5.74, 6) is 0.888. The van der Waals surface area contributed by atoms with Crippen molar-refractivity contribution in [2.45, 2.75) is 20.0 Å². The summed E-state index contributed by atoms with van der Waals surface area (Å²) < 4.78 is 9.25. The van der Waals surface area contributed by atoms with E-state index in [4.69, 9.17) is 4.74 Å². The Labute approximate surface area is 123 Å². The van der Waals surface area contributed by atoms with Crippen molar-refractivity contribution in [1.29, 1.82) is 0 Å². The molecule has 1 aromatic heterocycles. The summed E-state index contributed by atoms with van der Waals surface area (Å²) in [6.45, 7) is 4.58. The molecule has 0 spiro atoms. The van der Waals surface area contributed by atoms with Crippen molar-refractivity contribution in [3.63, 3.8) is 0 Å². The lowest BCUT2D eigenvalue weighted by Crippen LogP contribution is -2.18. The number of ether oxygens (including phenoxy) is 1. The van der Waals surface area contributed by atoms with Gasteiger partial charge in [-0.25, -0.2) is 0 Å². The Bertz CT molecular complexity index is 543. The molecule has 0 aliphatic carbocycles. The number of methoxy groups -OCH3 is 1. The largest absolute Gasteiger partial charge is 0.497 e. The molecule has 1 aromatic carbocycles. The SMILES string of the molecule is CCNc1snnc1CN(C)Cc1cccc(OC)c1. The summed E-state index contributed by atoms with van der Waals surface area (Å²) in [5, 5.41) is 8.54. The van der Waals surface area contributed by atoms with Gasteiger partial charge in [0.2, 0.25) is 0 Å². The summed E-state index contributed by atoms with van der Waals surface area (Å²) in [6, 6.07) is 8.12. The molecular formula is C14H20N4OS. The van der Waals surface area contributed by atoms with Crippen LogP contribution in [0, 0.1) is 0 Å². The summed E-state index contributed by atoms with van der Waals surface area (Å²) in [7, 11) is 3.76. The second-order valence-electron chi connectivity index (χ2n) is 4.60.